The molecule has 0 bridgehead atoms. The first kappa shape index (κ1) is 24.6. The second-order valence-corrected chi connectivity index (χ2v) is 11.6. The van der Waals surface area contributed by atoms with Crippen molar-refractivity contribution < 1.29 is 31.5 Å². The lowest BCUT2D eigenvalue weighted by Gasteiger charge is -2.29. The fraction of sp³-hybridized carbons (Fsp3) is 0.240. The van der Waals surface area contributed by atoms with Crippen molar-refractivity contribution in [1.29, 1.82) is 0 Å². The molecule has 188 valence electrons. The van der Waals surface area contributed by atoms with Crippen molar-refractivity contribution in [3.05, 3.63) is 75.8 Å². The molecule has 1 fully saturated rings. The Morgan fingerprint density at radius 1 is 1.00 bits per heavy atom. The van der Waals surface area contributed by atoms with Gasteiger partial charge in [-0.25, -0.2) is 8.42 Å². The van der Waals surface area contributed by atoms with E-state index in [-0.39, 0.29) is 17.3 Å². The van der Waals surface area contributed by atoms with E-state index in [0.29, 0.717) is 52.7 Å². The second kappa shape index (κ2) is 8.81. The predicted molar refractivity (Wildman–Crippen MR) is 134 cm³/mol. The van der Waals surface area contributed by atoms with Crippen molar-refractivity contribution in [3.8, 4) is 16.9 Å². The van der Waals surface area contributed by atoms with Gasteiger partial charge in [0.1, 0.15) is 5.75 Å². The fourth-order valence-corrected chi connectivity index (χ4v) is 6.22. The van der Waals surface area contributed by atoms with E-state index >= 15 is 0 Å². The first-order valence-corrected chi connectivity index (χ1v) is 13.4. The van der Waals surface area contributed by atoms with Crippen molar-refractivity contribution >= 4 is 43.2 Å². The Balaban J connectivity index is 1.41. The normalized spacial score (nSPS) is 16.1. The molecule has 3 aromatic carbocycles. The van der Waals surface area contributed by atoms with E-state index < -0.39 is 27.0 Å². The monoisotopic (exact) mass is 580 g/mol. The van der Waals surface area contributed by atoms with Crippen molar-refractivity contribution in [2.75, 3.05) is 16.2 Å². The Labute approximate surface area is 213 Å². The zero-order valence-corrected chi connectivity index (χ0v) is 21.0. The Hall–Kier alpha value is -3.05. The van der Waals surface area contributed by atoms with Crippen LogP contribution in [0.4, 0.5) is 24.5 Å². The van der Waals surface area contributed by atoms with Crippen LogP contribution < -0.4 is 9.62 Å². The number of rotatable bonds is 5. The first-order chi connectivity index (χ1) is 16.9. The van der Waals surface area contributed by atoms with Crippen LogP contribution in [0.25, 0.3) is 11.1 Å². The number of anilines is 2. The van der Waals surface area contributed by atoms with E-state index in [2.05, 4.69) is 20.7 Å². The summed E-state index contributed by atoms with van der Waals surface area (Å²) in [5.74, 6) is -0.532. The molecule has 0 radical (unpaired) electrons. The third-order valence-corrected chi connectivity index (χ3v) is 8.81. The minimum Gasteiger partial charge on any atom is -0.506 e. The molecule has 0 saturated heterocycles. The van der Waals surface area contributed by atoms with Gasteiger partial charge in [-0.15, -0.1) is 0 Å². The maximum Gasteiger partial charge on any atom is 0.416 e. The van der Waals surface area contributed by atoms with E-state index in [0.717, 1.165) is 17.7 Å². The summed E-state index contributed by atoms with van der Waals surface area (Å²) in [6.07, 6.45) is -2.82. The lowest BCUT2D eigenvalue weighted by Crippen LogP contribution is -2.37. The zero-order chi connectivity index (χ0) is 25.8. The van der Waals surface area contributed by atoms with Crippen LogP contribution in [0, 0.1) is 0 Å². The van der Waals surface area contributed by atoms with Gasteiger partial charge in [-0.1, -0.05) is 34.1 Å². The Morgan fingerprint density at radius 2 is 1.72 bits per heavy atom. The van der Waals surface area contributed by atoms with E-state index in [1.54, 1.807) is 24.3 Å². The van der Waals surface area contributed by atoms with Crippen LogP contribution in [0.5, 0.6) is 5.75 Å². The summed E-state index contributed by atoms with van der Waals surface area (Å²) < 4.78 is 66.3. The average molecular weight is 581 g/mol. The summed E-state index contributed by atoms with van der Waals surface area (Å²) in [7, 11) is -3.60. The highest BCUT2D eigenvalue weighted by Gasteiger charge is 2.36. The molecule has 1 amide bonds. The van der Waals surface area contributed by atoms with Gasteiger partial charge in [0.2, 0.25) is 10.0 Å². The van der Waals surface area contributed by atoms with E-state index in [9.17, 15) is 31.5 Å². The van der Waals surface area contributed by atoms with Gasteiger partial charge in [0.25, 0.3) is 5.91 Å². The van der Waals surface area contributed by atoms with Crippen LogP contribution in [0.2, 0.25) is 0 Å². The smallest absolute Gasteiger partial charge is 0.416 e. The first-order valence-electron chi connectivity index (χ1n) is 11.1. The molecule has 1 aliphatic heterocycles. The number of aromatic hydroxyl groups is 1. The van der Waals surface area contributed by atoms with Crippen molar-refractivity contribution in [1.82, 2.24) is 0 Å². The lowest BCUT2D eigenvalue weighted by molar-refractivity contribution is -0.137. The quantitative estimate of drug-likeness (QED) is 0.365. The number of halogens is 4. The number of amides is 1. The molecular formula is C25H20BrF3N2O4S. The van der Waals surface area contributed by atoms with Crippen molar-refractivity contribution in [3.63, 3.8) is 0 Å². The summed E-state index contributed by atoms with van der Waals surface area (Å²) in [4.78, 5) is 14.8. The number of benzene rings is 3. The summed E-state index contributed by atoms with van der Waals surface area (Å²) in [6.45, 7) is 0.309. The lowest BCUT2D eigenvalue weighted by atomic mass is 9.93. The highest BCUT2D eigenvalue weighted by molar-refractivity contribution is 9.10. The predicted octanol–water partition coefficient (Wildman–Crippen LogP) is 5.95. The van der Waals surface area contributed by atoms with Gasteiger partial charge in [0.15, 0.2) is 0 Å². The van der Waals surface area contributed by atoms with Crippen LogP contribution in [-0.4, -0.2) is 31.2 Å². The number of hydrogen-bond donors (Lipinski definition) is 2. The number of hydrogen-bond acceptors (Lipinski definition) is 4. The van der Waals surface area contributed by atoms with Crippen molar-refractivity contribution in [2.45, 2.75) is 30.7 Å². The maximum absolute atomic E-state index is 13.3. The topological polar surface area (TPSA) is 86.7 Å². The number of phenols is 1. The number of sulfonamides is 1. The van der Waals surface area contributed by atoms with Crippen LogP contribution in [0.15, 0.2) is 59.1 Å². The average Bonchev–Trinajstić information content (AvgIpc) is 3.66. The molecular weight excluding hydrogens is 561 g/mol. The van der Waals surface area contributed by atoms with Gasteiger partial charge in [0.05, 0.1) is 16.5 Å². The van der Waals surface area contributed by atoms with Crippen LogP contribution in [0.1, 0.15) is 34.3 Å². The Morgan fingerprint density at radius 3 is 2.39 bits per heavy atom. The maximum atomic E-state index is 13.3. The molecule has 36 heavy (non-hydrogen) atoms. The molecule has 0 spiro atoms. The molecule has 5 rings (SSSR count). The summed E-state index contributed by atoms with van der Waals surface area (Å²) in [6, 6.07) is 12.9. The standard InChI is InChI=1S/C25H20BrF3N2O4S/c26-21-12-16(25(27,28)29)2-7-19(21)14-1-6-20-15(11-14)9-10-31(24(20)33)17-3-8-23(32)22(13-17)30-36(34,35)18-4-5-18/h1-3,6-8,11-13,18,30,32H,4-5,9-10H2. The number of nitrogens with one attached hydrogen (secondary N) is 1. The minimum atomic E-state index is -4.45. The van der Waals surface area contributed by atoms with Gasteiger partial charge in [-0.3, -0.25) is 9.52 Å². The number of nitrogens with zero attached hydrogens (tertiary/aromatic N) is 1. The summed E-state index contributed by atoms with van der Waals surface area (Å²) in [5.41, 5.74) is 2.15. The molecule has 2 aliphatic rings. The molecule has 0 unspecified atom stereocenters. The Bertz CT molecular complexity index is 1490. The van der Waals surface area contributed by atoms with E-state index in [4.69, 9.17) is 0 Å². The van der Waals surface area contributed by atoms with E-state index in [1.807, 2.05) is 0 Å². The number of phenolic OH excluding ortho intramolecular Hbond substituents is 1. The fourth-order valence-electron chi connectivity index (χ4n) is 4.22. The zero-order valence-electron chi connectivity index (χ0n) is 18.6. The highest BCUT2D eigenvalue weighted by atomic mass is 79.9. The van der Waals surface area contributed by atoms with Crippen molar-refractivity contribution in [2.24, 2.45) is 0 Å². The number of carbonyl (C=O) groups is 1. The Kier molecular flexibility index (Phi) is 6.03. The summed E-state index contributed by atoms with van der Waals surface area (Å²) in [5, 5.41) is 9.68. The minimum absolute atomic E-state index is 0.0144. The molecule has 1 aliphatic carbocycles. The van der Waals surface area contributed by atoms with Crippen LogP contribution in [0.3, 0.4) is 0 Å². The van der Waals surface area contributed by atoms with Gasteiger partial charge in [0, 0.05) is 22.3 Å². The second-order valence-electron chi connectivity index (χ2n) is 8.82. The summed E-state index contributed by atoms with van der Waals surface area (Å²) >= 11 is 3.23. The van der Waals surface area contributed by atoms with Crippen LogP contribution in [-0.2, 0) is 22.6 Å². The van der Waals surface area contributed by atoms with E-state index in [1.165, 1.54) is 23.1 Å². The third kappa shape index (κ3) is 4.69. The van der Waals surface area contributed by atoms with Gasteiger partial charge >= 0.3 is 6.18 Å². The highest BCUT2D eigenvalue weighted by Crippen LogP contribution is 2.38. The van der Waals surface area contributed by atoms with Gasteiger partial charge in [-0.05, 0) is 72.4 Å². The molecule has 1 saturated carbocycles. The number of carbonyl (C=O) groups excluding carboxylic acids is 1. The number of alkyl halides is 3. The van der Waals surface area contributed by atoms with Crippen LogP contribution >= 0.6 is 15.9 Å². The SMILES string of the molecule is O=C1c2ccc(-c3ccc(C(F)(F)F)cc3Br)cc2CCN1c1ccc(O)c(NS(=O)(=O)C2CC2)c1. The molecule has 11 heteroatoms. The number of fused-ring (bicyclic) bond motifs is 1. The molecule has 3 aromatic rings. The van der Waals surface area contributed by atoms with Gasteiger partial charge in [-0.2, -0.15) is 13.2 Å². The molecule has 0 aromatic heterocycles. The van der Waals surface area contributed by atoms with Gasteiger partial charge < -0.3 is 10.0 Å². The largest absolute Gasteiger partial charge is 0.506 e. The molecule has 1 heterocycles. The molecule has 6 nitrogen and oxygen atoms in total. The molecule has 2 N–H and O–H groups in total. The molecule has 0 atom stereocenters. The third-order valence-electron chi connectivity index (χ3n) is 6.30.